The molecule has 1 aliphatic heterocycles. The van der Waals surface area contributed by atoms with Gasteiger partial charge in [0.1, 0.15) is 11.5 Å². The van der Waals surface area contributed by atoms with E-state index in [2.05, 4.69) is 0 Å². The van der Waals surface area contributed by atoms with Gasteiger partial charge in [-0.15, -0.1) is 0 Å². The third-order valence-electron chi connectivity index (χ3n) is 9.64. The second kappa shape index (κ2) is 15.6. The molecule has 0 unspecified atom stereocenters. The third kappa shape index (κ3) is 7.28. The molecule has 0 aliphatic carbocycles. The van der Waals surface area contributed by atoms with Crippen LogP contribution in [0.2, 0.25) is 20.1 Å². The van der Waals surface area contributed by atoms with Crippen LogP contribution in [0.3, 0.4) is 0 Å². The molecule has 0 bridgehead atoms. The average molecular weight is 803 g/mol. The fourth-order valence-corrected chi connectivity index (χ4v) is 7.83. The molecule has 0 aromatic heterocycles. The lowest BCUT2D eigenvalue weighted by Gasteiger charge is -2.28. The van der Waals surface area contributed by atoms with Gasteiger partial charge in [0.15, 0.2) is 5.60 Å². The zero-order valence-corrected chi connectivity index (χ0v) is 34.3. The molecule has 54 heavy (non-hydrogen) atoms. The fourth-order valence-electron chi connectivity index (χ4n) is 6.76. The number of hydrogen-bond acceptors (Lipinski definition) is 6. The minimum absolute atomic E-state index is 0.0147. The number of aryl methyl sites for hydroxylation is 2. The molecule has 0 amide bonds. The summed E-state index contributed by atoms with van der Waals surface area (Å²) < 4.78 is 17.8. The Hall–Kier alpha value is -4.59. The van der Waals surface area contributed by atoms with Crippen molar-refractivity contribution >= 4 is 74.9 Å². The number of fused-ring (bicyclic) bond motifs is 1. The van der Waals surface area contributed by atoms with E-state index in [1.165, 1.54) is 0 Å². The van der Waals surface area contributed by atoms with Crippen LogP contribution in [0.25, 0.3) is 11.1 Å². The highest BCUT2D eigenvalue weighted by Gasteiger charge is 2.48. The van der Waals surface area contributed by atoms with Crippen molar-refractivity contribution in [3.05, 3.63) is 162 Å². The van der Waals surface area contributed by atoms with E-state index in [1.807, 2.05) is 149 Å². The monoisotopic (exact) mass is 800 g/mol. The van der Waals surface area contributed by atoms with Crippen LogP contribution in [-0.4, -0.2) is 48.4 Å². The van der Waals surface area contributed by atoms with Crippen LogP contribution in [0, 0.1) is 13.8 Å². The Balaban J connectivity index is 1.77. The van der Waals surface area contributed by atoms with Gasteiger partial charge in [-0.3, -0.25) is 0 Å². The maximum absolute atomic E-state index is 14.2. The number of hydrogen-bond donors (Lipinski definition) is 0. The molecule has 10 heteroatoms. The first-order valence-electron chi connectivity index (χ1n) is 17.1. The van der Waals surface area contributed by atoms with Crippen LogP contribution in [0.5, 0.6) is 11.5 Å². The lowest BCUT2D eigenvalue weighted by Crippen LogP contribution is -2.23. The summed E-state index contributed by atoms with van der Waals surface area (Å²) >= 11 is 27.3. The van der Waals surface area contributed by atoms with Crippen LogP contribution < -0.4 is 19.3 Å². The maximum atomic E-state index is 14.2. The largest absolute Gasteiger partial charge is 0.496 e. The van der Waals surface area contributed by atoms with E-state index in [0.717, 1.165) is 67.4 Å². The molecule has 278 valence electrons. The topological polar surface area (TPSA) is 51.2 Å². The number of esters is 1. The number of anilines is 2. The van der Waals surface area contributed by atoms with Crippen molar-refractivity contribution in [1.82, 2.24) is 0 Å². The number of carbonyl (C=O) groups is 1. The van der Waals surface area contributed by atoms with E-state index in [0.29, 0.717) is 0 Å². The van der Waals surface area contributed by atoms with Crippen LogP contribution in [0.1, 0.15) is 49.3 Å². The molecule has 0 radical (unpaired) electrons. The molecule has 6 rings (SSSR count). The molecule has 0 saturated heterocycles. The Kier molecular flexibility index (Phi) is 11.3. The maximum Gasteiger partial charge on any atom is 0.341 e. The molecule has 5 aromatic rings. The summed E-state index contributed by atoms with van der Waals surface area (Å²) in [5.74, 6) is 0.787. The van der Waals surface area contributed by atoms with E-state index in [-0.39, 0.29) is 31.2 Å². The molecule has 0 N–H and O–H groups in total. The molecule has 5 aromatic carbocycles. The minimum Gasteiger partial charge on any atom is -0.496 e. The first-order valence-corrected chi connectivity index (χ1v) is 18.6. The number of benzene rings is 5. The van der Waals surface area contributed by atoms with E-state index in [4.69, 9.17) is 60.6 Å². The number of rotatable bonds is 10. The Bertz CT molecular complexity index is 2190. The van der Waals surface area contributed by atoms with Crippen molar-refractivity contribution in [3.8, 4) is 11.5 Å². The van der Waals surface area contributed by atoms with Gasteiger partial charge in [0.2, 0.25) is 0 Å². The zero-order chi connectivity index (χ0) is 39.1. The summed E-state index contributed by atoms with van der Waals surface area (Å²) in [7, 11) is 11.2. The molecular formula is C44H40Cl4N2O4. The predicted octanol–water partition coefficient (Wildman–Crippen LogP) is 11.7. The summed E-state index contributed by atoms with van der Waals surface area (Å²) in [5, 5.41) is 0.00390. The lowest BCUT2D eigenvalue weighted by molar-refractivity contribution is 0.0300. The van der Waals surface area contributed by atoms with Gasteiger partial charge in [-0.25, -0.2) is 4.79 Å². The van der Waals surface area contributed by atoms with Gasteiger partial charge in [-0.05, 0) is 119 Å². The molecule has 1 heterocycles. The van der Waals surface area contributed by atoms with Crippen molar-refractivity contribution < 1.29 is 19.0 Å². The number of halogens is 4. The summed E-state index contributed by atoms with van der Waals surface area (Å²) in [6.45, 7) is 3.96. The molecular weight excluding hydrogens is 762 g/mol. The average Bonchev–Trinajstić information content (AvgIpc) is 3.45. The van der Waals surface area contributed by atoms with Crippen LogP contribution in [0.15, 0.2) is 97.1 Å². The Morgan fingerprint density at radius 1 is 0.593 bits per heavy atom. The highest BCUT2D eigenvalue weighted by Crippen LogP contribution is 2.53. The van der Waals surface area contributed by atoms with Gasteiger partial charge in [0, 0.05) is 45.1 Å². The third-order valence-corrected chi connectivity index (χ3v) is 11.4. The molecule has 0 atom stereocenters. The highest BCUT2D eigenvalue weighted by atomic mass is 35.5. The van der Waals surface area contributed by atoms with Crippen molar-refractivity contribution in [3.63, 3.8) is 0 Å². The SMILES string of the molecule is COc1ccc(C(=CC2(C=C(c3ccc(N(C)C)cc3)c3ccc(OC)c(C)c3)OC(=O)c3c(Cl)c(Cl)c(Cl)c(Cl)c32)c2ccc(N(C)C)cc2)cc1C. The van der Waals surface area contributed by atoms with Crippen molar-refractivity contribution in [2.24, 2.45) is 0 Å². The minimum atomic E-state index is -1.64. The van der Waals surface area contributed by atoms with Crippen molar-refractivity contribution in [1.29, 1.82) is 0 Å². The smallest absolute Gasteiger partial charge is 0.341 e. The Labute approximate surface area is 337 Å². The lowest BCUT2D eigenvalue weighted by atomic mass is 9.82. The van der Waals surface area contributed by atoms with Gasteiger partial charge in [-0.1, -0.05) is 82.8 Å². The quantitative estimate of drug-likeness (QED) is 0.0796. The number of carbonyl (C=O) groups excluding carboxylic acids is 1. The van der Waals surface area contributed by atoms with Crippen molar-refractivity contribution in [2.75, 3.05) is 52.2 Å². The molecule has 0 saturated carbocycles. The van der Waals surface area contributed by atoms with Gasteiger partial charge < -0.3 is 24.0 Å². The van der Waals surface area contributed by atoms with Gasteiger partial charge >= 0.3 is 5.97 Å². The first kappa shape index (κ1) is 39.1. The van der Waals surface area contributed by atoms with E-state index < -0.39 is 11.6 Å². The summed E-state index contributed by atoms with van der Waals surface area (Å²) in [5.41, 5.74) is 7.51. The normalized spacial score (nSPS) is 15.5. The summed E-state index contributed by atoms with van der Waals surface area (Å²) in [4.78, 5) is 18.2. The van der Waals surface area contributed by atoms with Gasteiger partial charge in [0.25, 0.3) is 0 Å². The molecule has 0 fully saturated rings. The standard InChI is InChI=1S/C44H40Cl4N2O4/c1-25-21-29(13-19-35(25)52-7)33(27-9-15-31(16-10-27)49(3)4)23-44(38-37(43(51)54-44)39(45)41(47)42(48)40(38)46)24-34(28-11-17-32(18-12-28)50(5)6)30-14-20-36(53-8)26(2)22-30/h9-24H,1-8H3. The first-order chi connectivity index (χ1) is 25.7. The van der Waals surface area contributed by atoms with Gasteiger partial charge in [-0.2, -0.15) is 0 Å². The van der Waals surface area contributed by atoms with Gasteiger partial charge in [0.05, 0.1) is 39.9 Å². The molecule has 1 aliphatic rings. The van der Waals surface area contributed by atoms with Crippen molar-refractivity contribution in [2.45, 2.75) is 19.4 Å². The number of cyclic esters (lactones) is 1. The van der Waals surface area contributed by atoms with E-state index in [9.17, 15) is 4.79 Å². The molecule has 6 nitrogen and oxygen atoms in total. The number of nitrogens with zero attached hydrogens (tertiary/aromatic N) is 2. The fraction of sp³-hybridized carbons (Fsp3) is 0.205. The number of ether oxygens (including phenoxy) is 3. The zero-order valence-electron chi connectivity index (χ0n) is 31.3. The second-order valence-corrected chi connectivity index (χ2v) is 15.1. The van der Waals surface area contributed by atoms with Crippen LogP contribution in [-0.2, 0) is 10.3 Å². The number of methoxy groups -OCH3 is 2. The van der Waals surface area contributed by atoms with E-state index >= 15 is 0 Å². The van der Waals surface area contributed by atoms with Crippen LogP contribution in [0.4, 0.5) is 11.4 Å². The van der Waals surface area contributed by atoms with Crippen LogP contribution >= 0.6 is 46.4 Å². The van der Waals surface area contributed by atoms with E-state index in [1.54, 1.807) is 14.2 Å². The summed E-state index contributed by atoms with van der Waals surface area (Å²) in [6, 6.07) is 28.2. The Morgan fingerprint density at radius 3 is 1.35 bits per heavy atom. The highest BCUT2D eigenvalue weighted by molar-refractivity contribution is 6.53. The Morgan fingerprint density at radius 2 is 0.981 bits per heavy atom. The predicted molar refractivity (Wildman–Crippen MR) is 225 cm³/mol. The molecule has 0 spiro atoms. The second-order valence-electron chi connectivity index (χ2n) is 13.6. The summed E-state index contributed by atoms with van der Waals surface area (Å²) in [6.07, 6.45) is 3.83.